The summed E-state index contributed by atoms with van der Waals surface area (Å²) >= 11 is 0. The molecule has 2 heterocycles. The number of benzene rings is 2. The third-order valence-electron chi connectivity index (χ3n) is 5.45. The molecular formula is C22H14F4N4O3S. The Kier molecular flexibility index (Phi) is 5.12. The summed E-state index contributed by atoms with van der Waals surface area (Å²) in [4.78, 5) is 23.2. The summed E-state index contributed by atoms with van der Waals surface area (Å²) in [6, 6.07) is 3.16. The zero-order valence-electron chi connectivity index (χ0n) is 17.1. The normalized spacial score (nSPS) is 13.9. The Hall–Kier alpha value is -3.80. The molecule has 2 aromatic carbocycles. The van der Waals surface area contributed by atoms with Crippen LogP contribution in [0.2, 0.25) is 0 Å². The first-order chi connectivity index (χ1) is 16.2. The number of sulfonamides is 1. The molecule has 0 saturated heterocycles. The molecule has 0 atom stereocenters. The predicted molar refractivity (Wildman–Crippen MR) is 113 cm³/mol. The van der Waals surface area contributed by atoms with Crippen LogP contribution in [0.1, 0.15) is 40.4 Å². The van der Waals surface area contributed by atoms with Crippen molar-refractivity contribution >= 4 is 32.5 Å². The smallest absolute Gasteiger partial charge is 0.265 e. The lowest BCUT2D eigenvalue weighted by Crippen LogP contribution is -2.18. The molecule has 1 fully saturated rings. The number of nitrogens with zero attached hydrogens (tertiary/aromatic N) is 2. The van der Waals surface area contributed by atoms with Crippen LogP contribution in [0.25, 0.3) is 11.0 Å². The van der Waals surface area contributed by atoms with E-state index < -0.39 is 55.2 Å². The van der Waals surface area contributed by atoms with E-state index in [-0.39, 0.29) is 11.5 Å². The minimum absolute atomic E-state index is 0.0773. The number of anilines is 1. The number of ketones is 1. The molecule has 34 heavy (non-hydrogen) atoms. The minimum atomic E-state index is -4.81. The van der Waals surface area contributed by atoms with Gasteiger partial charge in [0.25, 0.3) is 10.0 Å². The fourth-order valence-electron chi connectivity index (χ4n) is 3.69. The molecule has 0 radical (unpaired) electrons. The van der Waals surface area contributed by atoms with E-state index in [0.29, 0.717) is 41.0 Å². The maximum atomic E-state index is 15.3. The molecule has 1 saturated carbocycles. The van der Waals surface area contributed by atoms with Gasteiger partial charge in [-0.05, 0) is 43.2 Å². The molecule has 0 aliphatic heterocycles. The van der Waals surface area contributed by atoms with E-state index in [1.165, 1.54) is 12.5 Å². The summed E-state index contributed by atoms with van der Waals surface area (Å²) in [7, 11) is -4.81. The number of halogens is 4. The van der Waals surface area contributed by atoms with E-state index in [1.807, 2.05) is 0 Å². The van der Waals surface area contributed by atoms with Crippen molar-refractivity contribution in [2.75, 3.05) is 4.72 Å². The maximum Gasteiger partial charge on any atom is 0.265 e. The van der Waals surface area contributed by atoms with Gasteiger partial charge in [0.1, 0.15) is 34.3 Å². The Morgan fingerprint density at radius 1 is 1.03 bits per heavy atom. The Morgan fingerprint density at radius 3 is 2.50 bits per heavy atom. The molecule has 1 aliphatic rings. The first-order valence-corrected chi connectivity index (χ1v) is 11.5. The Labute approximate surface area is 189 Å². The number of nitrogens with one attached hydrogen (secondary N) is 2. The highest BCUT2D eigenvalue weighted by Gasteiger charge is 2.32. The van der Waals surface area contributed by atoms with Crippen LogP contribution in [0.3, 0.4) is 0 Å². The second-order valence-corrected chi connectivity index (χ2v) is 9.40. The van der Waals surface area contributed by atoms with Gasteiger partial charge in [0.15, 0.2) is 5.82 Å². The van der Waals surface area contributed by atoms with Crippen molar-refractivity contribution in [1.29, 1.82) is 0 Å². The highest BCUT2D eigenvalue weighted by Crippen LogP contribution is 2.42. The lowest BCUT2D eigenvalue weighted by atomic mass is 10.00. The number of H-pyrrole nitrogens is 1. The van der Waals surface area contributed by atoms with Crippen LogP contribution in [-0.4, -0.2) is 29.2 Å². The molecule has 0 bridgehead atoms. The van der Waals surface area contributed by atoms with E-state index in [1.54, 1.807) is 4.72 Å². The number of carbonyl (C=O) groups excluding carboxylic acids is 1. The van der Waals surface area contributed by atoms with Gasteiger partial charge < -0.3 is 4.98 Å². The van der Waals surface area contributed by atoms with Crippen molar-refractivity contribution in [2.24, 2.45) is 0 Å². The van der Waals surface area contributed by atoms with Crippen molar-refractivity contribution in [1.82, 2.24) is 15.0 Å². The van der Waals surface area contributed by atoms with Crippen LogP contribution in [0.5, 0.6) is 0 Å². The van der Waals surface area contributed by atoms with Gasteiger partial charge in [-0.1, -0.05) is 0 Å². The average Bonchev–Trinajstić information content (AvgIpc) is 3.55. The second-order valence-electron chi connectivity index (χ2n) is 7.75. The summed E-state index contributed by atoms with van der Waals surface area (Å²) in [5.74, 6) is -6.02. The van der Waals surface area contributed by atoms with E-state index in [0.717, 1.165) is 18.9 Å². The van der Waals surface area contributed by atoms with Crippen LogP contribution in [0.4, 0.5) is 23.2 Å². The summed E-state index contributed by atoms with van der Waals surface area (Å²) in [6.45, 7) is 0. The Morgan fingerprint density at radius 2 is 1.76 bits per heavy atom. The molecule has 2 aromatic heterocycles. The van der Waals surface area contributed by atoms with Gasteiger partial charge in [0.2, 0.25) is 5.78 Å². The third-order valence-corrected chi connectivity index (χ3v) is 6.83. The zero-order valence-corrected chi connectivity index (χ0v) is 17.9. The molecule has 2 N–H and O–H groups in total. The van der Waals surface area contributed by atoms with Gasteiger partial charge in [0.05, 0.1) is 27.9 Å². The lowest BCUT2D eigenvalue weighted by Gasteiger charge is -2.12. The number of rotatable bonds is 6. The monoisotopic (exact) mass is 490 g/mol. The van der Waals surface area contributed by atoms with Crippen molar-refractivity contribution in [3.63, 3.8) is 0 Å². The lowest BCUT2D eigenvalue weighted by molar-refractivity contribution is 0.103. The van der Waals surface area contributed by atoms with Gasteiger partial charge in [0, 0.05) is 12.1 Å². The van der Waals surface area contributed by atoms with Gasteiger partial charge in [-0.2, -0.15) is 0 Å². The maximum absolute atomic E-state index is 15.3. The first-order valence-electron chi connectivity index (χ1n) is 10.00. The van der Waals surface area contributed by atoms with E-state index in [2.05, 4.69) is 15.0 Å². The van der Waals surface area contributed by atoms with E-state index >= 15 is 4.39 Å². The molecule has 0 unspecified atom stereocenters. The van der Waals surface area contributed by atoms with E-state index in [4.69, 9.17) is 0 Å². The quantitative estimate of drug-likeness (QED) is 0.308. The number of hydrogen-bond donors (Lipinski definition) is 2. The van der Waals surface area contributed by atoms with Gasteiger partial charge in [-0.3, -0.25) is 9.52 Å². The minimum Gasteiger partial charge on any atom is -0.345 e. The summed E-state index contributed by atoms with van der Waals surface area (Å²) in [5.41, 5.74) is -1.02. The molecule has 4 aromatic rings. The Bertz CT molecular complexity index is 1580. The van der Waals surface area contributed by atoms with Crippen LogP contribution in [0, 0.1) is 23.3 Å². The first kappa shape index (κ1) is 22.0. The fourth-order valence-corrected chi connectivity index (χ4v) is 4.84. The molecule has 0 amide bonds. The SMILES string of the molecule is O=C(c1c(F)ccc(NS(=O)(=O)c2cc(F)ccc2F)c1F)c1c[nH]c2ncnc(C3CC3)c12. The molecular weight excluding hydrogens is 476 g/mol. The highest BCUT2D eigenvalue weighted by atomic mass is 32.2. The standard InChI is InChI=1S/C22H14F4N4O3S/c23-11-3-4-13(24)16(7-11)34(32,33)30-15-6-5-14(25)18(19(15)26)21(31)12-8-27-22-17(12)20(10-1-2-10)28-9-29-22/h3-10,30H,1-2H2,(H,27,28,29). The van der Waals surface area contributed by atoms with Gasteiger partial charge in [-0.15, -0.1) is 0 Å². The summed E-state index contributed by atoms with van der Waals surface area (Å²) < 4.78 is 84.2. The summed E-state index contributed by atoms with van der Waals surface area (Å²) in [6.07, 6.45) is 4.28. The zero-order chi connectivity index (χ0) is 24.2. The second kappa shape index (κ2) is 7.90. The average molecular weight is 490 g/mol. The molecule has 174 valence electrons. The van der Waals surface area contributed by atoms with Crippen molar-refractivity contribution < 1.29 is 30.8 Å². The van der Waals surface area contributed by atoms with Crippen molar-refractivity contribution in [3.8, 4) is 0 Å². The molecule has 5 rings (SSSR count). The highest BCUT2D eigenvalue weighted by molar-refractivity contribution is 7.92. The molecule has 12 heteroatoms. The van der Waals surface area contributed by atoms with Crippen LogP contribution in [0.15, 0.2) is 47.8 Å². The number of aromatic nitrogens is 3. The van der Waals surface area contributed by atoms with Gasteiger partial charge in [-0.25, -0.2) is 35.9 Å². The topological polar surface area (TPSA) is 105 Å². The van der Waals surface area contributed by atoms with Crippen molar-refractivity contribution in [2.45, 2.75) is 23.7 Å². The predicted octanol–water partition coefficient (Wildman–Crippen LogP) is 4.42. The number of aromatic amines is 1. The number of carbonyl (C=O) groups is 1. The van der Waals surface area contributed by atoms with Gasteiger partial charge >= 0.3 is 0 Å². The van der Waals surface area contributed by atoms with Crippen LogP contribution in [-0.2, 0) is 10.0 Å². The molecule has 7 nitrogen and oxygen atoms in total. The molecule has 1 aliphatic carbocycles. The number of fused-ring (bicyclic) bond motifs is 1. The third kappa shape index (κ3) is 3.69. The number of hydrogen-bond acceptors (Lipinski definition) is 5. The Balaban J connectivity index is 1.58. The van der Waals surface area contributed by atoms with E-state index in [9.17, 15) is 26.4 Å². The fraction of sp³-hybridized carbons (Fsp3) is 0.136. The summed E-state index contributed by atoms with van der Waals surface area (Å²) in [5, 5.41) is 0.335. The molecule has 0 spiro atoms. The van der Waals surface area contributed by atoms with Crippen LogP contribution < -0.4 is 4.72 Å². The largest absolute Gasteiger partial charge is 0.345 e. The van der Waals surface area contributed by atoms with Crippen LogP contribution >= 0.6 is 0 Å². The van der Waals surface area contributed by atoms with Crippen molar-refractivity contribution in [3.05, 3.63) is 82.9 Å².